The van der Waals surface area contributed by atoms with Crippen LogP contribution in [0.25, 0.3) is 0 Å². The molecule has 2 aliphatic rings. The molecule has 1 saturated heterocycles. The molecule has 0 radical (unpaired) electrons. The largest absolute Gasteiger partial charge is 0.376 e. The number of nitrogens with two attached hydrogens (primary N) is 1. The van der Waals surface area contributed by atoms with Crippen molar-refractivity contribution >= 4 is 0 Å². The van der Waals surface area contributed by atoms with E-state index in [1.807, 2.05) is 0 Å². The van der Waals surface area contributed by atoms with Gasteiger partial charge in [-0.15, -0.1) is 0 Å². The predicted molar refractivity (Wildman–Crippen MR) is 59.7 cm³/mol. The number of hydrogen-bond donors (Lipinski definition) is 1. The first-order chi connectivity index (χ1) is 7.16. The van der Waals surface area contributed by atoms with Gasteiger partial charge in [0, 0.05) is 18.1 Å². The Labute approximate surface area is 92.3 Å². The zero-order chi connectivity index (χ0) is 10.9. The van der Waals surface area contributed by atoms with Crippen LogP contribution in [0.3, 0.4) is 0 Å². The Morgan fingerprint density at radius 3 is 2.87 bits per heavy atom. The highest BCUT2D eigenvalue weighted by Crippen LogP contribution is 2.44. The topological polar surface area (TPSA) is 44.5 Å². The van der Waals surface area contributed by atoms with Gasteiger partial charge < -0.3 is 15.2 Å². The molecule has 2 fully saturated rings. The first-order valence-corrected chi connectivity index (χ1v) is 6.15. The van der Waals surface area contributed by atoms with Crippen LogP contribution >= 0.6 is 0 Å². The third-order valence-electron chi connectivity index (χ3n) is 4.32. The Balaban J connectivity index is 1.75. The van der Waals surface area contributed by atoms with Crippen LogP contribution in [0.2, 0.25) is 0 Å². The van der Waals surface area contributed by atoms with Crippen molar-refractivity contribution in [3.8, 4) is 0 Å². The van der Waals surface area contributed by atoms with Crippen molar-refractivity contribution in [2.45, 2.75) is 57.8 Å². The molecule has 0 spiro atoms. The van der Waals surface area contributed by atoms with E-state index in [1.54, 1.807) is 0 Å². The third-order valence-corrected chi connectivity index (χ3v) is 4.32. The highest BCUT2D eigenvalue weighted by molar-refractivity contribution is 5.03. The minimum atomic E-state index is 0.193. The molecule has 0 amide bonds. The fourth-order valence-corrected chi connectivity index (χ4v) is 2.59. The van der Waals surface area contributed by atoms with Gasteiger partial charge in [-0.05, 0) is 25.7 Å². The van der Waals surface area contributed by atoms with Crippen molar-refractivity contribution in [3.63, 3.8) is 0 Å². The van der Waals surface area contributed by atoms with Crippen LogP contribution in [0.1, 0.15) is 39.5 Å². The molecule has 1 aliphatic carbocycles. The number of rotatable bonds is 4. The summed E-state index contributed by atoms with van der Waals surface area (Å²) in [6.45, 7) is 6.10. The molecule has 1 saturated carbocycles. The Kier molecular flexibility index (Phi) is 3.33. The zero-order valence-corrected chi connectivity index (χ0v) is 9.87. The van der Waals surface area contributed by atoms with Gasteiger partial charge >= 0.3 is 0 Å². The van der Waals surface area contributed by atoms with Crippen LogP contribution in [0.4, 0.5) is 0 Å². The van der Waals surface area contributed by atoms with E-state index in [0.717, 1.165) is 32.5 Å². The summed E-state index contributed by atoms with van der Waals surface area (Å²) in [6, 6.07) is 0.317. The lowest BCUT2D eigenvalue weighted by atomic mass is 9.62. The maximum Gasteiger partial charge on any atom is 0.0809 e. The van der Waals surface area contributed by atoms with Gasteiger partial charge in [0.25, 0.3) is 0 Å². The predicted octanol–water partition coefficient (Wildman–Crippen LogP) is 1.70. The van der Waals surface area contributed by atoms with Gasteiger partial charge in [-0.25, -0.2) is 0 Å². The number of ether oxygens (including phenoxy) is 2. The summed E-state index contributed by atoms with van der Waals surface area (Å²) in [6.07, 6.45) is 5.14. The standard InChI is InChI=1S/C12H23NO2/c1-3-12(2)10(13)7-11(12)15-8-9-5-4-6-14-9/h9-11H,3-8,13H2,1-2H3. The van der Waals surface area contributed by atoms with E-state index in [1.165, 1.54) is 6.42 Å². The molecule has 2 N–H and O–H groups in total. The highest BCUT2D eigenvalue weighted by atomic mass is 16.5. The van der Waals surface area contributed by atoms with E-state index in [0.29, 0.717) is 18.2 Å². The SMILES string of the molecule is CCC1(C)C(N)CC1OCC1CCCO1. The number of hydrogen-bond acceptors (Lipinski definition) is 3. The summed E-state index contributed by atoms with van der Waals surface area (Å²) in [5.41, 5.74) is 6.22. The van der Waals surface area contributed by atoms with E-state index in [-0.39, 0.29) is 5.41 Å². The second kappa shape index (κ2) is 4.40. The summed E-state index contributed by atoms with van der Waals surface area (Å²) in [4.78, 5) is 0. The molecule has 0 aromatic heterocycles. The fourth-order valence-electron chi connectivity index (χ4n) is 2.59. The summed E-state index contributed by atoms with van der Waals surface area (Å²) in [5, 5.41) is 0. The van der Waals surface area contributed by atoms with Gasteiger partial charge in [0.15, 0.2) is 0 Å². The van der Waals surface area contributed by atoms with Crippen molar-refractivity contribution in [1.82, 2.24) is 0 Å². The molecule has 4 unspecified atom stereocenters. The van der Waals surface area contributed by atoms with E-state index in [9.17, 15) is 0 Å². The summed E-state index contributed by atoms with van der Waals surface area (Å²) in [7, 11) is 0. The van der Waals surface area contributed by atoms with Crippen LogP contribution in [0.5, 0.6) is 0 Å². The van der Waals surface area contributed by atoms with E-state index < -0.39 is 0 Å². The molecule has 3 nitrogen and oxygen atoms in total. The van der Waals surface area contributed by atoms with Crippen molar-refractivity contribution in [1.29, 1.82) is 0 Å². The first-order valence-electron chi connectivity index (χ1n) is 6.15. The lowest BCUT2D eigenvalue weighted by molar-refractivity contribution is -0.137. The molecule has 3 heteroatoms. The monoisotopic (exact) mass is 213 g/mol. The van der Waals surface area contributed by atoms with E-state index >= 15 is 0 Å². The van der Waals surface area contributed by atoms with Gasteiger partial charge in [-0.2, -0.15) is 0 Å². The second-order valence-electron chi connectivity index (χ2n) is 5.16. The smallest absolute Gasteiger partial charge is 0.0809 e. The van der Waals surface area contributed by atoms with Gasteiger partial charge in [0.1, 0.15) is 0 Å². The molecule has 4 atom stereocenters. The molecule has 88 valence electrons. The van der Waals surface area contributed by atoms with E-state index in [2.05, 4.69) is 13.8 Å². The highest BCUT2D eigenvalue weighted by Gasteiger charge is 2.49. The molecule has 0 bridgehead atoms. The van der Waals surface area contributed by atoms with Gasteiger partial charge in [-0.3, -0.25) is 0 Å². The van der Waals surface area contributed by atoms with Crippen LogP contribution in [0.15, 0.2) is 0 Å². The lowest BCUT2D eigenvalue weighted by Gasteiger charge is -2.52. The lowest BCUT2D eigenvalue weighted by Crippen LogP contribution is -2.60. The quantitative estimate of drug-likeness (QED) is 0.773. The summed E-state index contributed by atoms with van der Waals surface area (Å²) in [5.74, 6) is 0. The van der Waals surface area contributed by atoms with Gasteiger partial charge in [-0.1, -0.05) is 13.8 Å². The van der Waals surface area contributed by atoms with Crippen LogP contribution in [-0.2, 0) is 9.47 Å². The van der Waals surface area contributed by atoms with Gasteiger partial charge in [0.05, 0.1) is 18.8 Å². The minimum absolute atomic E-state index is 0.193. The molecule has 2 rings (SSSR count). The Morgan fingerprint density at radius 1 is 1.53 bits per heavy atom. The van der Waals surface area contributed by atoms with Crippen molar-refractivity contribution in [2.24, 2.45) is 11.1 Å². The van der Waals surface area contributed by atoms with Crippen LogP contribution in [0, 0.1) is 5.41 Å². The fraction of sp³-hybridized carbons (Fsp3) is 1.00. The average Bonchev–Trinajstić information content (AvgIpc) is 2.75. The van der Waals surface area contributed by atoms with Crippen LogP contribution < -0.4 is 5.73 Å². The Bertz CT molecular complexity index is 216. The maximum absolute atomic E-state index is 6.03. The molecule has 0 aromatic rings. The Morgan fingerprint density at radius 2 is 2.33 bits per heavy atom. The molecule has 0 aromatic carbocycles. The van der Waals surface area contributed by atoms with Crippen molar-refractivity contribution in [2.75, 3.05) is 13.2 Å². The van der Waals surface area contributed by atoms with Crippen molar-refractivity contribution < 1.29 is 9.47 Å². The summed E-state index contributed by atoms with van der Waals surface area (Å²) >= 11 is 0. The van der Waals surface area contributed by atoms with Crippen LogP contribution in [-0.4, -0.2) is 31.5 Å². The zero-order valence-electron chi connectivity index (χ0n) is 9.87. The van der Waals surface area contributed by atoms with Crippen molar-refractivity contribution in [3.05, 3.63) is 0 Å². The Hall–Kier alpha value is -0.120. The van der Waals surface area contributed by atoms with Gasteiger partial charge in [0.2, 0.25) is 0 Å². The maximum atomic E-state index is 6.03. The molecule has 15 heavy (non-hydrogen) atoms. The first kappa shape index (κ1) is 11.4. The summed E-state index contributed by atoms with van der Waals surface area (Å²) < 4.78 is 11.5. The average molecular weight is 213 g/mol. The normalized spacial score (nSPS) is 45.4. The molecular formula is C12H23NO2. The molecular weight excluding hydrogens is 190 g/mol. The molecule has 1 aliphatic heterocycles. The second-order valence-corrected chi connectivity index (χ2v) is 5.16. The third kappa shape index (κ3) is 2.05. The minimum Gasteiger partial charge on any atom is -0.376 e. The molecule has 1 heterocycles. The van der Waals surface area contributed by atoms with E-state index in [4.69, 9.17) is 15.2 Å².